The van der Waals surface area contributed by atoms with E-state index in [9.17, 15) is 9.59 Å². The first-order valence-corrected chi connectivity index (χ1v) is 8.56. The summed E-state index contributed by atoms with van der Waals surface area (Å²) < 4.78 is 10.2. The number of nitrogens with one attached hydrogen (secondary N) is 1. The minimum atomic E-state index is -0.568. The molecular weight excluding hydrogens is 368 g/mol. The molecular formula is C20H17ClN2O4. The summed E-state index contributed by atoms with van der Waals surface area (Å²) in [5.74, 6) is -0.298. The Balaban J connectivity index is 1.53. The maximum atomic E-state index is 12.0. The van der Waals surface area contributed by atoms with Crippen LogP contribution >= 0.6 is 11.6 Å². The van der Waals surface area contributed by atoms with Crippen molar-refractivity contribution in [1.82, 2.24) is 10.3 Å². The second-order valence-electron chi connectivity index (χ2n) is 5.70. The van der Waals surface area contributed by atoms with E-state index >= 15 is 0 Å². The Morgan fingerprint density at radius 3 is 2.59 bits per heavy atom. The van der Waals surface area contributed by atoms with Gasteiger partial charge in [-0.05, 0) is 36.4 Å². The van der Waals surface area contributed by atoms with Crippen LogP contribution in [-0.2, 0) is 16.1 Å². The van der Waals surface area contributed by atoms with E-state index in [1.165, 1.54) is 0 Å². The number of halogens is 1. The highest BCUT2D eigenvalue weighted by Crippen LogP contribution is 2.21. The molecule has 1 heterocycles. The molecule has 0 aliphatic rings. The lowest BCUT2D eigenvalue weighted by molar-refractivity contribution is -0.143. The summed E-state index contributed by atoms with van der Waals surface area (Å²) in [7, 11) is 1.54. The SMILES string of the molecule is COc1ccc(C(=O)NCC(=O)OCc2cc3ccccc3nc2Cl)cc1. The maximum absolute atomic E-state index is 12.0. The number of fused-ring (bicyclic) bond motifs is 1. The van der Waals surface area contributed by atoms with Crippen LogP contribution in [-0.4, -0.2) is 30.5 Å². The number of ether oxygens (including phenoxy) is 2. The topological polar surface area (TPSA) is 77.5 Å². The molecule has 3 rings (SSSR count). The predicted molar refractivity (Wildman–Crippen MR) is 102 cm³/mol. The van der Waals surface area contributed by atoms with Crippen molar-refractivity contribution < 1.29 is 19.1 Å². The van der Waals surface area contributed by atoms with E-state index in [-0.39, 0.29) is 24.2 Å². The Labute approximate surface area is 161 Å². The van der Waals surface area contributed by atoms with Crippen molar-refractivity contribution >= 4 is 34.4 Å². The number of para-hydroxylation sites is 1. The van der Waals surface area contributed by atoms with Crippen molar-refractivity contribution in [3.05, 3.63) is 70.9 Å². The first-order valence-electron chi connectivity index (χ1n) is 8.19. The molecule has 2 aromatic carbocycles. The van der Waals surface area contributed by atoms with Crippen LogP contribution in [0.3, 0.4) is 0 Å². The van der Waals surface area contributed by atoms with Crippen molar-refractivity contribution in [2.45, 2.75) is 6.61 Å². The molecule has 0 fully saturated rings. The first-order chi connectivity index (χ1) is 13.1. The van der Waals surface area contributed by atoms with Crippen LogP contribution in [0, 0.1) is 0 Å². The number of methoxy groups -OCH3 is 1. The van der Waals surface area contributed by atoms with Gasteiger partial charge in [-0.25, -0.2) is 4.98 Å². The zero-order valence-electron chi connectivity index (χ0n) is 14.6. The van der Waals surface area contributed by atoms with Gasteiger partial charge in [0.2, 0.25) is 0 Å². The Morgan fingerprint density at radius 2 is 1.85 bits per heavy atom. The summed E-state index contributed by atoms with van der Waals surface area (Å²) in [6.07, 6.45) is 0. The van der Waals surface area contributed by atoms with Gasteiger partial charge in [0.05, 0.1) is 12.6 Å². The largest absolute Gasteiger partial charge is 0.497 e. The lowest BCUT2D eigenvalue weighted by Gasteiger charge is -2.09. The number of carbonyl (C=O) groups is 2. The summed E-state index contributed by atoms with van der Waals surface area (Å²) in [5.41, 5.74) is 1.79. The van der Waals surface area contributed by atoms with Gasteiger partial charge in [0.1, 0.15) is 24.1 Å². The molecule has 0 atom stereocenters. The Morgan fingerprint density at radius 1 is 1.11 bits per heavy atom. The van der Waals surface area contributed by atoms with Gasteiger partial charge < -0.3 is 14.8 Å². The molecule has 0 unspecified atom stereocenters. The van der Waals surface area contributed by atoms with Crippen molar-refractivity contribution in [3.8, 4) is 5.75 Å². The number of hydrogen-bond donors (Lipinski definition) is 1. The molecule has 0 aliphatic heterocycles. The predicted octanol–water partition coefficient (Wildman–Crippen LogP) is 3.37. The Hall–Kier alpha value is -3.12. The van der Waals surface area contributed by atoms with Crippen LogP contribution in [0.5, 0.6) is 5.75 Å². The number of pyridine rings is 1. The molecule has 1 amide bonds. The zero-order valence-corrected chi connectivity index (χ0v) is 15.3. The highest BCUT2D eigenvalue weighted by molar-refractivity contribution is 6.30. The second-order valence-corrected chi connectivity index (χ2v) is 6.06. The number of hydrogen-bond acceptors (Lipinski definition) is 5. The van der Waals surface area contributed by atoms with Gasteiger partial charge in [0.25, 0.3) is 5.91 Å². The molecule has 0 spiro atoms. The fraction of sp³-hybridized carbons (Fsp3) is 0.150. The van der Waals surface area contributed by atoms with Gasteiger partial charge in [-0.3, -0.25) is 9.59 Å². The van der Waals surface area contributed by atoms with Crippen LogP contribution in [0.1, 0.15) is 15.9 Å². The number of nitrogens with zero attached hydrogens (tertiary/aromatic N) is 1. The zero-order chi connectivity index (χ0) is 19.2. The molecule has 27 heavy (non-hydrogen) atoms. The van der Waals surface area contributed by atoms with Gasteiger partial charge in [0, 0.05) is 16.5 Å². The lowest BCUT2D eigenvalue weighted by Crippen LogP contribution is -2.30. The summed E-state index contributed by atoms with van der Waals surface area (Å²) in [6, 6.07) is 15.9. The van der Waals surface area contributed by atoms with Gasteiger partial charge in [-0.15, -0.1) is 0 Å². The summed E-state index contributed by atoms with van der Waals surface area (Å²) in [6.45, 7) is -0.266. The van der Waals surface area contributed by atoms with E-state index in [4.69, 9.17) is 21.1 Å². The third-order valence-corrected chi connectivity index (χ3v) is 4.21. The molecule has 1 N–H and O–H groups in total. The molecule has 7 heteroatoms. The van der Waals surface area contributed by atoms with E-state index in [2.05, 4.69) is 10.3 Å². The molecule has 1 aromatic heterocycles. The molecule has 3 aromatic rings. The van der Waals surface area contributed by atoms with Crippen LogP contribution in [0.4, 0.5) is 0 Å². The normalized spacial score (nSPS) is 10.4. The van der Waals surface area contributed by atoms with Crippen LogP contribution < -0.4 is 10.1 Å². The van der Waals surface area contributed by atoms with Crippen molar-refractivity contribution in [2.75, 3.05) is 13.7 Å². The molecule has 0 radical (unpaired) electrons. The number of benzene rings is 2. The molecule has 0 saturated heterocycles. The summed E-state index contributed by atoms with van der Waals surface area (Å²) in [4.78, 5) is 28.2. The second kappa shape index (κ2) is 8.51. The van der Waals surface area contributed by atoms with Crippen LogP contribution in [0.2, 0.25) is 5.15 Å². The highest BCUT2D eigenvalue weighted by Gasteiger charge is 2.11. The number of carbonyl (C=O) groups excluding carboxylic acids is 2. The highest BCUT2D eigenvalue weighted by atomic mass is 35.5. The average Bonchev–Trinajstić information content (AvgIpc) is 2.70. The molecule has 138 valence electrons. The van der Waals surface area contributed by atoms with E-state index in [1.54, 1.807) is 31.4 Å². The third kappa shape index (κ3) is 4.74. The standard InChI is InChI=1S/C20H17ClN2O4/c1-26-16-8-6-13(7-9-16)20(25)22-11-18(24)27-12-15-10-14-4-2-3-5-17(14)23-19(15)21/h2-10H,11-12H2,1H3,(H,22,25). The van der Waals surface area contributed by atoms with Gasteiger partial charge in [0.15, 0.2) is 0 Å². The number of esters is 1. The third-order valence-electron chi connectivity index (χ3n) is 3.88. The minimum Gasteiger partial charge on any atom is -0.497 e. The van der Waals surface area contributed by atoms with E-state index in [0.29, 0.717) is 16.9 Å². The number of aromatic nitrogens is 1. The lowest BCUT2D eigenvalue weighted by atomic mass is 10.2. The van der Waals surface area contributed by atoms with Gasteiger partial charge in [-0.2, -0.15) is 0 Å². The molecule has 6 nitrogen and oxygen atoms in total. The van der Waals surface area contributed by atoms with Crippen molar-refractivity contribution in [3.63, 3.8) is 0 Å². The minimum absolute atomic E-state index is 0.0199. The van der Waals surface area contributed by atoms with E-state index in [0.717, 1.165) is 10.9 Å². The molecule has 0 bridgehead atoms. The summed E-state index contributed by atoms with van der Waals surface area (Å²) >= 11 is 6.14. The first kappa shape index (κ1) is 18.7. The maximum Gasteiger partial charge on any atom is 0.325 e. The van der Waals surface area contributed by atoms with Crippen LogP contribution in [0.25, 0.3) is 10.9 Å². The summed E-state index contributed by atoms with van der Waals surface area (Å²) in [5, 5.41) is 3.70. The van der Waals surface area contributed by atoms with Gasteiger partial charge >= 0.3 is 5.97 Å². The molecule has 0 saturated carbocycles. The molecule has 0 aliphatic carbocycles. The number of rotatable bonds is 6. The Kier molecular flexibility index (Phi) is 5.88. The number of amides is 1. The van der Waals surface area contributed by atoms with Crippen molar-refractivity contribution in [2.24, 2.45) is 0 Å². The fourth-order valence-electron chi connectivity index (χ4n) is 2.44. The quantitative estimate of drug-likeness (QED) is 0.520. The smallest absolute Gasteiger partial charge is 0.325 e. The van der Waals surface area contributed by atoms with Gasteiger partial charge in [-0.1, -0.05) is 29.8 Å². The van der Waals surface area contributed by atoms with Crippen molar-refractivity contribution in [1.29, 1.82) is 0 Å². The van der Waals surface area contributed by atoms with E-state index in [1.807, 2.05) is 30.3 Å². The monoisotopic (exact) mass is 384 g/mol. The van der Waals surface area contributed by atoms with E-state index < -0.39 is 5.97 Å². The van der Waals surface area contributed by atoms with Crippen LogP contribution in [0.15, 0.2) is 54.6 Å². The fourth-order valence-corrected chi connectivity index (χ4v) is 2.64. The average molecular weight is 385 g/mol. The Bertz CT molecular complexity index is 973.